The summed E-state index contributed by atoms with van der Waals surface area (Å²) in [6, 6.07) is 11.4. The SMILES string of the molecule is C[C@H](NC(=O)c1ccco1)C(=O)NNC(=O)c1ccc(-c2ccc(F)cc2)s1. The Kier molecular flexibility index (Phi) is 5.85. The molecule has 144 valence electrons. The van der Waals surface area contributed by atoms with Crippen molar-refractivity contribution in [1.29, 1.82) is 0 Å². The van der Waals surface area contributed by atoms with Crippen LogP contribution in [-0.4, -0.2) is 23.8 Å². The molecule has 28 heavy (non-hydrogen) atoms. The molecule has 3 N–H and O–H groups in total. The molecule has 2 heterocycles. The summed E-state index contributed by atoms with van der Waals surface area (Å²) in [6.07, 6.45) is 1.35. The summed E-state index contributed by atoms with van der Waals surface area (Å²) in [5.41, 5.74) is 5.34. The highest BCUT2D eigenvalue weighted by Gasteiger charge is 2.19. The van der Waals surface area contributed by atoms with E-state index in [4.69, 9.17) is 4.42 Å². The highest BCUT2D eigenvalue weighted by atomic mass is 32.1. The summed E-state index contributed by atoms with van der Waals surface area (Å²) < 4.78 is 17.9. The van der Waals surface area contributed by atoms with Crippen LogP contribution in [0.15, 0.2) is 59.2 Å². The quantitative estimate of drug-likeness (QED) is 0.572. The molecule has 0 aliphatic heterocycles. The molecule has 0 unspecified atom stereocenters. The minimum atomic E-state index is -0.893. The number of hydrogen-bond donors (Lipinski definition) is 3. The molecule has 9 heteroatoms. The number of amides is 3. The molecule has 3 aromatic rings. The molecule has 0 spiro atoms. The number of rotatable bonds is 5. The lowest BCUT2D eigenvalue weighted by Crippen LogP contribution is -2.50. The van der Waals surface area contributed by atoms with Crippen molar-refractivity contribution in [2.24, 2.45) is 0 Å². The zero-order valence-electron chi connectivity index (χ0n) is 14.7. The van der Waals surface area contributed by atoms with E-state index in [0.717, 1.165) is 10.4 Å². The number of benzene rings is 1. The van der Waals surface area contributed by atoms with E-state index in [0.29, 0.717) is 4.88 Å². The third-order valence-electron chi connectivity index (χ3n) is 3.74. The number of hydrogen-bond acceptors (Lipinski definition) is 5. The van der Waals surface area contributed by atoms with E-state index in [1.807, 2.05) is 0 Å². The normalized spacial score (nSPS) is 11.5. The molecular formula is C19H16FN3O4S. The number of carbonyl (C=O) groups is 3. The lowest BCUT2D eigenvalue weighted by Gasteiger charge is -2.13. The summed E-state index contributed by atoms with van der Waals surface area (Å²) >= 11 is 1.20. The van der Waals surface area contributed by atoms with Crippen molar-refractivity contribution >= 4 is 29.1 Å². The Balaban J connectivity index is 1.53. The summed E-state index contributed by atoms with van der Waals surface area (Å²) in [6.45, 7) is 1.47. The van der Waals surface area contributed by atoms with Crippen molar-refractivity contribution in [3.63, 3.8) is 0 Å². The van der Waals surface area contributed by atoms with E-state index in [2.05, 4.69) is 16.2 Å². The first-order valence-corrected chi connectivity index (χ1v) is 9.06. The second-order valence-electron chi connectivity index (χ2n) is 5.79. The fraction of sp³-hybridized carbons (Fsp3) is 0.105. The molecule has 0 bridgehead atoms. The van der Waals surface area contributed by atoms with Gasteiger partial charge >= 0.3 is 0 Å². The maximum atomic E-state index is 13.0. The van der Waals surface area contributed by atoms with E-state index in [9.17, 15) is 18.8 Å². The number of thiophene rings is 1. The number of hydrazine groups is 1. The number of furan rings is 1. The predicted molar refractivity (Wildman–Crippen MR) is 101 cm³/mol. The van der Waals surface area contributed by atoms with Gasteiger partial charge in [-0.25, -0.2) is 4.39 Å². The van der Waals surface area contributed by atoms with Crippen molar-refractivity contribution in [2.45, 2.75) is 13.0 Å². The van der Waals surface area contributed by atoms with Crippen LogP contribution in [0.2, 0.25) is 0 Å². The predicted octanol–water partition coefficient (Wildman–Crippen LogP) is 2.73. The maximum Gasteiger partial charge on any atom is 0.287 e. The number of halogens is 1. The molecular weight excluding hydrogens is 385 g/mol. The van der Waals surface area contributed by atoms with Gasteiger partial charge in [-0.2, -0.15) is 0 Å². The van der Waals surface area contributed by atoms with Crippen molar-refractivity contribution in [2.75, 3.05) is 0 Å². The summed E-state index contributed by atoms with van der Waals surface area (Å²) in [4.78, 5) is 37.2. The molecule has 0 radical (unpaired) electrons. The Bertz CT molecular complexity index is 983. The van der Waals surface area contributed by atoms with Crippen LogP contribution < -0.4 is 16.2 Å². The van der Waals surface area contributed by atoms with Gasteiger partial charge in [0.15, 0.2) is 5.76 Å². The Morgan fingerprint density at radius 1 is 1.00 bits per heavy atom. The van der Waals surface area contributed by atoms with Gasteiger partial charge < -0.3 is 9.73 Å². The molecule has 0 fully saturated rings. The molecule has 2 aromatic heterocycles. The summed E-state index contributed by atoms with van der Waals surface area (Å²) in [5, 5.41) is 2.45. The smallest absolute Gasteiger partial charge is 0.287 e. The van der Waals surface area contributed by atoms with Gasteiger partial charge in [0.1, 0.15) is 11.9 Å². The Hall–Kier alpha value is -3.46. The fourth-order valence-electron chi connectivity index (χ4n) is 2.26. The van der Waals surface area contributed by atoms with Gasteiger partial charge in [0, 0.05) is 4.88 Å². The molecule has 1 aromatic carbocycles. The standard InChI is InChI=1S/C19H16FN3O4S/c1-11(21-18(25)14-3-2-10-27-14)17(24)22-23-19(26)16-9-8-15(28-16)12-4-6-13(20)7-5-12/h2-11H,1H3,(H,21,25)(H,22,24)(H,23,26)/t11-/m0/s1. The highest BCUT2D eigenvalue weighted by Crippen LogP contribution is 2.28. The molecule has 0 aliphatic rings. The fourth-order valence-corrected chi connectivity index (χ4v) is 3.17. The van der Waals surface area contributed by atoms with Gasteiger partial charge in [-0.05, 0) is 48.9 Å². The molecule has 0 saturated heterocycles. The van der Waals surface area contributed by atoms with Gasteiger partial charge in [0.2, 0.25) is 0 Å². The van der Waals surface area contributed by atoms with Gasteiger partial charge in [-0.1, -0.05) is 12.1 Å². The van der Waals surface area contributed by atoms with E-state index >= 15 is 0 Å². The third-order valence-corrected chi connectivity index (χ3v) is 4.88. The van der Waals surface area contributed by atoms with Crippen molar-refractivity contribution in [3.05, 3.63) is 71.2 Å². The van der Waals surface area contributed by atoms with Crippen molar-refractivity contribution < 1.29 is 23.2 Å². The van der Waals surface area contributed by atoms with E-state index in [1.165, 1.54) is 42.7 Å². The van der Waals surface area contributed by atoms with E-state index in [1.54, 1.807) is 30.3 Å². The van der Waals surface area contributed by atoms with Crippen LogP contribution in [0.5, 0.6) is 0 Å². The van der Waals surface area contributed by atoms with Crippen LogP contribution in [0, 0.1) is 5.82 Å². The summed E-state index contributed by atoms with van der Waals surface area (Å²) in [5.74, 6) is -1.90. The van der Waals surface area contributed by atoms with Gasteiger partial charge in [0.05, 0.1) is 11.1 Å². The minimum absolute atomic E-state index is 0.0793. The average Bonchev–Trinajstić information content (AvgIpc) is 3.38. The van der Waals surface area contributed by atoms with Crippen LogP contribution in [0.4, 0.5) is 4.39 Å². The first-order valence-electron chi connectivity index (χ1n) is 8.24. The second kappa shape index (κ2) is 8.49. The topological polar surface area (TPSA) is 100 Å². The summed E-state index contributed by atoms with van der Waals surface area (Å²) in [7, 11) is 0. The molecule has 0 saturated carbocycles. The minimum Gasteiger partial charge on any atom is -0.459 e. The van der Waals surface area contributed by atoms with E-state index < -0.39 is 23.8 Å². The molecule has 1 atom stereocenters. The van der Waals surface area contributed by atoms with Crippen LogP contribution in [0.25, 0.3) is 10.4 Å². The van der Waals surface area contributed by atoms with Crippen LogP contribution in [0.3, 0.4) is 0 Å². The average molecular weight is 401 g/mol. The lowest BCUT2D eigenvalue weighted by molar-refractivity contribution is -0.123. The van der Waals surface area contributed by atoms with Crippen molar-refractivity contribution in [1.82, 2.24) is 16.2 Å². The first-order chi connectivity index (χ1) is 13.4. The number of nitrogens with one attached hydrogen (secondary N) is 3. The Morgan fingerprint density at radius 3 is 2.43 bits per heavy atom. The van der Waals surface area contributed by atoms with Gasteiger partial charge in [0.25, 0.3) is 17.7 Å². The maximum absolute atomic E-state index is 13.0. The van der Waals surface area contributed by atoms with Gasteiger partial charge in [-0.15, -0.1) is 11.3 Å². The third kappa shape index (κ3) is 4.63. The van der Waals surface area contributed by atoms with Crippen LogP contribution in [0.1, 0.15) is 27.2 Å². The first kappa shape index (κ1) is 19.3. The molecule has 3 rings (SSSR count). The van der Waals surface area contributed by atoms with Gasteiger partial charge in [-0.3, -0.25) is 25.2 Å². The zero-order chi connectivity index (χ0) is 20.1. The van der Waals surface area contributed by atoms with Crippen LogP contribution in [-0.2, 0) is 4.79 Å². The van der Waals surface area contributed by atoms with Crippen molar-refractivity contribution in [3.8, 4) is 10.4 Å². The molecule has 3 amide bonds. The largest absolute Gasteiger partial charge is 0.459 e. The Labute approximate surface area is 163 Å². The molecule has 7 nitrogen and oxygen atoms in total. The lowest BCUT2D eigenvalue weighted by atomic mass is 10.2. The number of carbonyl (C=O) groups excluding carboxylic acids is 3. The van der Waals surface area contributed by atoms with E-state index in [-0.39, 0.29) is 11.6 Å². The van der Waals surface area contributed by atoms with Crippen LogP contribution >= 0.6 is 11.3 Å². The zero-order valence-corrected chi connectivity index (χ0v) is 15.5. The Morgan fingerprint density at radius 2 is 1.75 bits per heavy atom. The molecule has 0 aliphatic carbocycles. The highest BCUT2D eigenvalue weighted by molar-refractivity contribution is 7.17. The monoisotopic (exact) mass is 401 g/mol. The second-order valence-corrected chi connectivity index (χ2v) is 6.87.